The van der Waals surface area contributed by atoms with Gasteiger partial charge in [-0.2, -0.15) is 0 Å². The summed E-state index contributed by atoms with van der Waals surface area (Å²) in [6, 6.07) is 5.66. The number of methoxy groups -OCH3 is 1. The van der Waals surface area contributed by atoms with E-state index in [1.54, 1.807) is 7.11 Å². The van der Waals surface area contributed by atoms with Crippen molar-refractivity contribution in [1.82, 2.24) is 0 Å². The number of benzene rings is 1. The van der Waals surface area contributed by atoms with E-state index >= 15 is 0 Å². The summed E-state index contributed by atoms with van der Waals surface area (Å²) in [5, 5.41) is 0. The van der Waals surface area contributed by atoms with Crippen molar-refractivity contribution in [2.75, 3.05) is 20.5 Å². The Kier molecular flexibility index (Phi) is 5.67. The first-order valence-corrected chi connectivity index (χ1v) is 5.39. The Balaban J connectivity index is 2.74. The first kappa shape index (κ1) is 12.8. The molecule has 90 valence electrons. The summed E-state index contributed by atoms with van der Waals surface area (Å²) in [5.41, 5.74) is 6.56. The molecular formula is C12H19NO3. The molecular weight excluding hydrogens is 206 g/mol. The van der Waals surface area contributed by atoms with Gasteiger partial charge in [-0.05, 0) is 12.5 Å². The second kappa shape index (κ2) is 7.09. The highest BCUT2D eigenvalue weighted by molar-refractivity contribution is 5.40. The van der Waals surface area contributed by atoms with Crippen molar-refractivity contribution in [2.24, 2.45) is 5.73 Å². The third-order valence-corrected chi connectivity index (χ3v) is 2.06. The van der Waals surface area contributed by atoms with Crippen LogP contribution in [0, 0.1) is 0 Å². The summed E-state index contributed by atoms with van der Waals surface area (Å²) in [4.78, 5) is 0. The van der Waals surface area contributed by atoms with Gasteiger partial charge in [-0.1, -0.05) is 13.0 Å². The average molecular weight is 225 g/mol. The lowest BCUT2D eigenvalue weighted by Gasteiger charge is -2.12. The Hall–Kier alpha value is -1.26. The van der Waals surface area contributed by atoms with E-state index in [1.165, 1.54) is 0 Å². The van der Waals surface area contributed by atoms with E-state index in [9.17, 15) is 0 Å². The Morgan fingerprint density at radius 1 is 1.25 bits per heavy atom. The Morgan fingerprint density at radius 2 is 2.06 bits per heavy atom. The van der Waals surface area contributed by atoms with Gasteiger partial charge in [-0.15, -0.1) is 0 Å². The lowest BCUT2D eigenvalue weighted by molar-refractivity contribution is 0.0502. The molecule has 1 rings (SSSR count). The maximum absolute atomic E-state index is 5.61. The van der Waals surface area contributed by atoms with Gasteiger partial charge >= 0.3 is 0 Å². The maximum atomic E-state index is 5.61. The zero-order valence-corrected chi connectivity index (χ0v) is 9.86. The van der Waals surface area contributed by atoms with E-state index in [0.717, 1.165) is 23.5 Å². The second-order valence-corrected chi connectivity index (χ2v) is 3.37. The van der Waals surface area contributed by atoms with Crippen LogP contribution in [-0.2, 0) is 11.3 Å². The second-order valence-electron chi connectivity index (χ2n) is 3.37. The molecule has 0 unspecified atom stereocenters. The van der Waals surface area contributed by atoms with Crippen molar-refractivity contribution < 1.29 is 14.2 Å². The van der Waals surface area contributed by atoms with E-state index < -0.39 is 0 Å². The van der Waals surface area contributed by atoms with Crippen molar-refractivity contribution >= 4 is 0 Å². The zero-order chi connectivity index (χ0) is 11.8. The van der Waals surface area contributed by atoms with Gasteiger partial charge in [-0.25, -0.2) is 0 Å². The molecule has 0 fully saturated rings. The number of hydrogen-bond donors (Lipinski definition) is 1. The average Bonchev–Trinajstić information content (AvgIpc) is 2.33. The molecule has 0 spiro atoms. The van der Waals surface area contributed by atoms with Crippen LogP contribution in [0.2, 0.25) is 0 Å². The molecule has 1 aromatic rings. The predicted octanol–water partition coefficient (Wildman–Crippen LogP) is 1.92. The molecule has 0 atom stereocenters. The minimum atomic E-state index is 0.213. The van der Waals surface area contributed by atoms with Crippen molar-refractivity contribution in [2.45, 2.75) is 19.9 Å². The van der Waals surface area contributed by atoms with Gasteiger partial charge in [0.15, 0.2) is 6.79 Å². The largest absolute Gasteiger partial charge is 0.493 e. The monoisotopic (exact) mass is 225 g/mol. The summed E-state index contributed by atoms with van der Waals surface area (Å²) in [7, 11) is 1.58. The molecule has 0 aliphatic carbocycles. The van der Waals surface area contributed by atoms with Crippen LogP contribution >= 0.6 is 0 Å². The van der Waals surface area contributed by atoms with Gasteiger partial charge in [0.2, 0.25) is 0 Å². The molecule has 2 N–H and O–H groups in total. The number of ether oxygens (including phenoxy) is 3. The molecule has 0 heterocycles. The standard InChI is InChI=1S/C12H19NO3/c1-3-6-15-11-5-4-10(8-13)12(7-11)16-9-14-2/h4-5,7H,3,6,8-9,13H2,1-2H3. The van der Waals surface area contributed by atoms with Crippen molar-refractivity contribution in [3.8, 4) is 11.5 Å². The van der Waals surface area contributed by atoms with Gasteiger partial charge < -0.3 is 19.9 Å². The molecule has 1 aromatic carbocycles. The van der Waals surface area contributed by atoms with Crippen LogP contribution in [0.3, 0.4) is 0 Å². The van der Waals surface area contributed by atoms with Gasteiger partial charge in [0.1, 0.15) is 11.5 Å². The van der Waals surface area contributed by atoms with Crippen LogP contribution in [0.5, 0.6) is 11.5 Å². The van der Waals surface area contributed by atoms with Crippen molar-refractivity contribution in [3.63, 3.8) is 0 Å². The van der Waals surface area contributed by atoms with Crippen LogP contribution in [0.1, 0.15) is 18.9 Å². The Morgan fingerprint density at radius 3 is 2.69 bits per heavy atom. The fourth-order valence-corrected chi connectivity index (χ4v) is 1.27. The lowest BCUT2D eigenvalue weighted by Crippen LogP contribution is -2.05. The molecule has 0 saturated heterocycles. The number of hydrogen-bond acceptors (Lipinski definition) is 4. The molecule has 0 amide bonds. The minimum absolute atomic E-state index is 0.213. The maximum Gasteiger partial charge on any atom is 0.188 e. The molecule has 16 heavy (non-hydrogen) atoms. The molecule has 0 bridgehead atoms. The SMILES string of the molecule is CCCOc1ccc(CN)c(OCOC)c1. The normalized spacial score (nSPS) is 10.2. The molecule has 0 aliphatic rings. The quantitative estimate of drug-likeness (QED) is 0.720. The van der Waals surface area contributed by atoms with Crippen LogP contribution < -0.4 is 15.2 Å². The van der Waals surface area contributed by atoms with Gasteiger partial charge in [0, 0.05) is 25.3 Å². The minimum Gasteiger partial charge on any atom is -0.493 e. The zero-order valence-electron chi connectivity index (χ0n) is 9.86. The predicted molar refractivity (Wildman–Crippen MR) is 62.6 cm³/mol. The number of nitrogens with two attached hydrogens (primary N) is 1. The highest BCUT2D eigenvalue weighted by atomic mass is 16.7. The fourth-order valence-electron chi connectivity index (χ4n) is 1.27. The summed E-state index contributed by atoms with van der Waals surface area (Å²) >= 11 is 0. The van der Waals surface area contributed by atoms with E-state index in [-0.39, 0.29) is 6.79 Å². The van der Waals surface area contributed by atoms with E-state index in [1.807, 2.05) is 18.2 Å². The van der Waals surface area contributed by atoms with Gasteiger partial charge in [-0.3, -0.25) is 0 Å². The lowest BCUT2D eigenvalue weighted by atomic mass is 10.2. The third kappa shape index (κ3) is 3.72. The van der Waals surface area contributed by atoms with Crippen molar-refractivity contribution in [1.29, 1.82) is 0 Å². The molecule has 4 heteroatoms. The third-order valence-electron chi connectivity index (χ3n) is 2.06. The van der Waals surface area contributed by atoms with Gasteiger partial charge in [0.25, 0.3) is 0 Å². The molecule has 4 nitrogen and oxygen atoms in total. The number of rotatable bonds is 7. The summed E-state index contributed by atoms with van der Waals surface area (Å²) in [5.74, 6) is 1.52. The summed E-state index contributed by atoms with van der Waals surface area (Å²) < 4.78 is 15.8. The Bertz CT molecular complexity index is 315. The fraction of sp³-hybridized carbons (Fsp3) is 0.500. The first-order valence-electron chi connectivity index (χ1n) is 5.39. The molecule has 0 radical (unpaired) electrons. The van der Waals surface area contributed by atoms with E-state index in [4.69, 9.17) is 19.9 Å². The van der Waals surface area contributed by atoms with Crippen LogP contribution in [-0.4, -0.2) is 20.5 Å². The molecule has 0 saturated carbocycles. The van der Waals surface area contributed by atoms with Crippen LogP contribution in [0.4, 0.5) is 0 Å². The highest BCUT2D eigenvalue weighted by Gasteiger charge is 2.04. The van der Waals surface area contributed by atoms with Crippen LogP contribution in [0.25, 0.3) is 0 Å². The molecule has 0 aromatic heterocycles. The summed E-state index contributed by atoms with van der Waals surface area (Å²) in [6.45, 7) is 3.42. The first-order chi connectivity index (χ1) is 7.81. The highest BCUT2D eigenvalue weighted by Crippen LogP contribution is 2.24. The van der Waals surface area contributed by atoms with Crippen LogP contribution in [0.15, 0.2) is 18.2 Å². The Labute approximate surface area is 96.3 Å². The van der Waals surface area contributed by atoms with Gasteiger partial charge in [0.05, 0.1) is 6.61 Å². The van der Waals surface area contributed by atoms with E-state index in [0.29, 0.717) is 13.2 Å². The summed E-state index contributed by atoms with van der Waals surface area (Å²) in [6.07, 6.45) is 0.979. The van der Waals surface area contributed by atoms with Crippen molar-refractivity contribution in [3.05, 3.63) is 23.8 Å². The van der Waals surface area contributed by atoms with E-state index in [2.05, 4.69) is 6.92 Å². The smallest absolute Gasteiger partial charge is 0.188 e. The topological polar surface area (TPSA) is 53.7 Å². The molecule has 0 aliphatic heterocycles.